The van der Waals surface area contributed by atoms with Gasteiger partial charge >= 0.3 is 5.97 Å². The first kappa shape index (κ1) is 16.0. The topological polar surface area (TPSA) is 110 Å². The summed E-state index contributed by atoms with van der Waals surface area (Å²) in [6.45, 7) is 1.99. The number of aliphatic carboxylic acids is 1. The summed E-state index contributed by atoms with van der Waals surface area (Å²) in [6, 6.07) is 4.32. The molecule has 20 heavy (non-hydrogen) atoms. The number of hydrogen-bond donors (Lipinski definition) is 2. The van der Waals surface area contributed by atoms with Crippen molar-refractivity contribution in [2.24, 2.45) is 0 Å². The molecule has 108 valence electrons. The number of nitrogens with one attached hydrogen (secondary N) is 1. The van der Waals surface area contributed by atoms with Gasteiger partial charge in [-0.15, -0.1) is 11.8 Å². The zero-order chi connectivity index (χ0) is 15.1. The molecule has 7 nitrogen and oxygen atoms in total. The van der Waals surface area contributed by atoms with Crippen molar-refractivity contribution in [2.45, 2.75) is 6.92 Å². The van der Waals surface area contributed by atoms with E-state index in [1.807, 2.05) is 0 Å². The molecular weight excluding hydrogens is 284 g/mol. The molecule has 0 spiro atoms. The van der Waals surface area contributed by atoms with Crippen molar-refractivity contribution in [3.05, 3.63) is 39.4 Å². The van der Waals surface area contributed by atoms with E-state index in [-0.39, 0.29) is 23.5 Å². The molecule has 8 heteroatoms. The molecule has 2 N–H and O–H groups in total. The third kappa shape index (κ3) is 4.88. The van der Waals surface area contributed by atoms with Gasteiger partial charge in [0.25, 0.3) is 11.6 Å². The maximum Gasteiger partial charge on any atom is 0.313 e. The zero-order valence-corrected chi connectivity index (χ0v) is 11.6. The number of carboxylic acid groups (broad SMARTS) is 1. The van der Waals surface area contributed by atoms with Gasteiger partial charge in [-0.05, 0) is 18.6 Å². The molecule has 0 aliphatic carbocycles. The Bertz CT molecular complexity index is 533. The fourth-order valence-electron chi connectivity index (χ4n) is 1.48. The maximum atomic E-state index is 11.9. The van der Waals surface area contributed by atoms with Crippen molar-refractivity contribution in [3.8, 4) is 0 Å². The second-order valence-electron chi connectivity index (χ2n) is 3.98. The number of aryl methyl sites for hydroxylation is 1. The van der Waals surface area contributed by atoms with Crippen LogP contribution in [0.3, 0.4) is 0 Å². The third-order valence-electron chi connectivity index (χ3n) is 2.35. The Kier molecular flexibility index (Phi) is 5.98. The predicted molar refractivity (Wildman–Crippen MR) is 75.1 cm³/mol. The van der Waals surface area contributed by atoms with Gasteiger partial charge in [0.05, 0.1) is 10.7 Å². The second-order valence-corrected chi connectivity index (χ2v) is 5.09. The molecule has 0 aliphatic heterocycles. The Labute approximate surface area is 119 Å². The monoisotopic (exact) mass is 298 g/mol. The first-order chi connectivity index (χ1) is 9.41. The van der Waals surface area contributed by atoms with Crippen LogP contribution in [0.15, 0.2) is 18.2 Å². The molecule has 0 bridgehead atoms. The number of rotatable bonds is 7. The summed E-state index contributed by atoms with van der Waals surface area (Å²) in [5.74, 6) is -1.06. The van der Waals surface area contributed by atoms with E-state index in [1.54, 1.807) is 13.0 Å². The van der Waals surface area contributed by atoms with Crippen molar-refractivity contribution in [3.63, 3.8) is 0 Å². The molecule has 0 aromatic heterocycles. The van der Waals surface area contributed by atoms with E-state index in [0.29, 0.717) is 5.75 Å². The highest BCUT2D eigenvalue weighted by atomic mass is 32.2. The summed E-state index contributed by atoms with van der Waals surface area (Å²) in [7, 11) is 0. The van der Waals surface area contributed by atoms with E-state index in [4.69, 9.17) is 5.11 Å². The van der Waals surface area contributed by atoms with Crippen LogP contribution >= 0.6 is 11.8 Å². The van der Waals surface area contributed by atoms with Crippen molar-refractivity contribution >= 4 is 29.3 Å². The van der Waals surface area contributed by atoms with Crippen LogP contribution in [-0.4, -0.2) is 40.0 Å². The van der Waals surface area contributed by atoms with Gasteiger partial charge in [-0.2, -0.15) is 0 Å². The molecule has 1 rings (SSSR count). The van der Waals surface area contributed by atoms with Gasteiger partial charge < -0.3 is 10.4 Å². The largest absolute Gasteiger partial charge is 0.481 e. The minimum atomic E-state index is -0.921. The molecule has 0 atom stereocenters. The molecule has 0 heterocycles. The summed E-state index contributed by atoms with van der Waals surface area (Å²) < 4.78 is 0. The van der Waals surface area contributed by atoms with Crippen LogP contribution in [0.4, 0.5) is 5.69 Å². The van der Waals surface area contributed by atoms with Gasteiger partial charge in [-0.1, -0.05) is 6.07 Å². The predicted octanol–water partition coefficient (Wildman–Crippen LogP) is 1.45. The van der Waals surface area contributed by atoms with Crippen LogP contribution in [-0.2, 0) is 4.79 Å². The Morgan fingerprint density at radius 3 is 2.75 bits per heavy atom. The third-order valence-corrected chi connectivity index (χ3v) is 3.29. The Morgan fingerprint density at radius 1 is 1.45 bits per heavy atom. The lowest BCUT2D eigenvalue weighted by Gasteiger charge is -2.06. The second kappa shape index (κ2) is 7.49. The molecule has 0 fully saturated rings. The number of hydrogen-bond acceptors (Lipinski definition) is 5. The van der Waals surface area contributed by atoms with E-state index in [9.17, 15) is 19.7 Å². The van der Waals surface area contributed by atoms with E-state index >= 15 is 0 Å². The number of carbonyl (C=O) groups excluding carboxylic acids is 1. The molecule has 0 saturated heterocycles. The fourth-order valence-corrected chi connectivity index (χ4v) is 2.05. The van der Waals surface area contributed by atoms with E-state index in [2.05, 4.69) is 5.32 Å². The normalized spacial score (nSPS) is 10.1. The van der Waals surface area contributed by atoms with Crippen molar-refractivity contribution in [1.82, 2.24) is 5.32 Å². The minimum absolute atomic E-state index is 0.0123. The molecule has 1 aromatic rings. The SMILES string of the molecule is Cc1ccc([N+](=O)[O-])c(C(=O)NCCSCC(=O)O)c1. The first-order valence-electron chi connectivity index (χ1n) is 5.74. The molecule has 1 amide bonds. The standard InChI is InChI=1S/C12H14N2O5S/c1-8-2-3-10(14(18)19)9(6-8)12(17)13-4-5-20-7-11(15)16/h2-3,6H,4-5,7H2,1H3,(H,13,17)(H,15,16). The van der Waals surface area contributed by atoms with Crippen molar-refractivity contribution in [2.75, 3.05) is 18.1 Å². The average Bonchev–Trinajstić information content (AvgIpc) is 2.37. The lowest BCUT2D eigenvalue weighted by Crippen LogP contribution is -2.26. The quantitative estimate of drug-likeness (QED) is 0.448. The highest BCUT2D eigenvalue weighted by Gasteiger charge is 2.19. The Hall–Kier alpha value is -2.09. The smallest absolute Gasteiger partial charge is 0.313 e. The van der Waals surface area contributed by atoms with Gasteiger partial charge in [0.2, 0.25) is 0 Å². The van der Waals surface area contributed by atoms with E-state index in [0.717, 1.165) is 17.3 Å². The van der Waals surface area contributed by atoms with E-state index in [1.165, 1.54) is 12.1 Å². The first-order valence-corrected chi connectivity index (χ1v) is 6.90. The minimum Gasteiger partial charge on any atom is -0.481 e. The van der Waals surface area contributed by atoms with Crippen molar-refractivity contribution in [1.29, 1.82) is 0 Å². The summed E-state index contributed by atoms with van der Waals surface area (Å²) in [5.41, 5.74) is 0.519. The lowest BCUT2D eigenvalue weighted by atomic mass is 10.1. The number of thioether (sulfide) groups is 1. The molecular formula is C12H14N2O5S. The van der Waals surface area contributed by atoms with Gasteiger partial charge in [0.15, 0.2) is 0 Å². The Balaban J connectivity index is 2.61. The highest BCUT2D eigenvalue weighted by Crippen LogP contribution is 2.19. The van der Waals surface area contributed by atoms with Crippen molar-refractivity contribution < 1.29 is 19.6 Å². The van der Waals surface area contributed by atoms with Gasteiger partial charge in [-0.25, -0.2) is 0 Å². The van der Waals surface area contributed by atoms with Crippen LogP contribution in [0, 0.1) is 17.0 Å². The van der Waals surface area contributed by atoms with Crippen LogP contribution in [0.1, 0.15) is 15.9 Å². The Morgan fingerprint density at radius 2 is 2.15 bits per heavy atom. The van der Waals surface area contributed by atoms with E-state index < -0.39 is 16.8 Å². The van der Waals surface area contributed by atoms with Crippen LogP contribution < -0.4 is 5.32 Å². The zero-order valence-electron chi connectivity index (χ0n) is 10.8. The van der Waals surface area contributed by atoms with Crippen LogP contribution in [0.5, 0.6) is 0 Å². The van der Waals surface area contributed by atoms with Gasteiger partial charge in [0, 0.05) is 18.4 Å². The summed E-state index contributed by atoms with van der Waals surface area (Å²) in [4.78, 5) is 32.4. The number of carbonyl (C=O) groups is 2. The fraction of sp³-hybridized carbons (Fsp3) is 0.333. The average molecular weight is 298 g/mol. The number of nitro groups is 1. The molecule has 0 aliphatic rings. The lowest BCUT2D eigenvalue weighted by molar-refractivity contribution is -0.385. The van der Waals surface area contributed by atoms with Gasteiger partial charge in [-0.3, -0.25) is 19.7 Å². The summed E-state index contributed by atoms with van der Waals surface area (Å²) >= 11 is 1.16. The number of nitro benzene ring substituents is 1. The van der Waals surface area contributed by atoms with Crippen LogP contribution in [0.25, 0.3) is 0 Å². The van der Waals surface area contributed by atoms with Crippen LogP contribution in [0.2, 0.25) is 0 Å². The number of nitrogens with zero attached hydrogens (tertiary/aromatic N) is 1. The number of benzene rings is 1. The highest BCUT2D eigenvalue weighted by molar-refractivity contribution is 7.99. The molecule has 0 unspecified atom stereocenters. The molecule has 1 aromatic carbocycles. The summed E-state index contributed by atoms with van der Waals surface area (Å²) in [6.07, 6.45) is 0. The number of amides is 1. The number of carboxylic acids is 1. The maximum absolute atomic E-state index is 11.9. The molecule has 0 saturated carbocycles. The molecule has 0 radical (unpaired) electrons. The summed E-state index contributed by atoms with van der Waals surface area (Å²) in [5, 5.41) is 21.8. The van der Waals surface area contributed by atoms with Gasteiger partial charge in [0.1, 0.15) is 5.56 Å².